The van der Waals surface area contributed by atoms with Crippen molar-refractivity contribution in [3.05, 3.63) is 29.6 Å². The van der Waals surface area contributed by atoms with Gasteiger partial charge >= 0.3 is 0 Å². The Balaban J connectivity index is 1.69. The molecule has 20 heavy (non-hydrogen) atoms. The monoisotopic (exact) mass is 273 g/mol. The van der Waals surface area contributed by atoms with E-state index in [4.69, 9.17) is 0 Å². The number of pyridine rings is 1. The highest BCUT2D eigenvalue weighted by Gasteiger charge is 2.34. The fourth-order valence-electron chi connectivity index (χ4n) is 2.89. The molecule has 1 N–H and O–H groups in total. The Hall–Kier alpha value is -1.42. The third-order valence-corrected chi connectivity index (χ3v) is 4.32. The number of hydrogen-bond donors (Lipinski definition) is 1. The third kappa shape index (κ3) is 3.18. The van der Waals surface area contributed by atoms with Crippen LogP contribution in [0.3, 0.4) is 0 Å². The number of aryl methyl sites for hydroxylation is 1. The molecular formula is C16H23N3O. The molecule has 2 aliphatic rings. The second kappa shape index (κ2) is 5.92. The van der Waals surface area contributed by atoms with Crippen molar-refractivity contribution in [1.29, 1.82) is 0 Å². The van der Waals surface area contributed by atoms with E-state index in [-0.39, 0.29) is 5.91 Å². The van der Waals surface area contributed by atoms with E-state index in [1.165, 1.54) is 12.8 Å². The lowest BCUT2D eigenvalue weighted by Gasteiger charge is -2.30. The summed E-state index contributed by atoms with van der Waals surface area (Å²) in [4.78, 5) is 19.0. The second-order valence-electron chi connectivity index (χ2n) is 6.07. The summed E-state index contributed by atoms with van der Waals surface area (Å²) in [5.74, 6) is 0.817. The summed E-state index contributed by atoms with van der Waals surface area (Å²) >= 11 is 0. The topological polar surface area (TPSA) is 45.2 Å². The first-order chi connectivity index (χ1) is 9.74. The summed E-state index contributed by atoms with van der Waals surface area (Å²) in [6.45, 7) is 5.04. The Kier molecular flexibility index (Phi) is 4.01. The number of carbonyl (C=O) groups excluding carboxylic acids is 1. The first-order valence-corrected chi connectivity index (χ1v) is 7.68. The van der Waals surface area contributed by atoms with Gasteiger partial charge in [-0.3, -0.25) is 9.78 Å². The van der Waals surface area contributed by atoms with E-state index in [1.807, 2.05) is 19.1 Å². The molecule has 2 fully saturated rings. The Morgan fingerprint density at radius 1 is 1.30 bits per heavy atom. The first-order valence-electron chi connectivity index (χ1n) is 7.68. The molecule has 1 aromatic heterocycles. The summed E-state index contributed by atoms with van der Waals surface area (Å²) < 4.78 is 0. The summed E-state index contributed by atoms with van der Waals surface area (Å²) in [6, 6.07) is 4.30. The fourth-order valence-corrected chi connectivity index (χ4v) is 2.89. The first kappa shape index (κ1) is 13.6. The normalized spacial score (nSPS) is 19.9. The molecule has 0 aromatic carbocycles. The van der Waals surface area contributed by atoms with Crippen LogP contribution >= 0.6 is 0 Å². The molecule has 1 aliphatic heterocycles. The number of hydrogen-bond acceptors (Lipinski definition) is 3. The lowest BCUT2D eigenvalue weighted by Crippen LogP contribution is -2.40. The van der Waals surface area contributed by atoms with E-state index in [9.17, 15) is 4.79 Å². The van der Waals surface area contributed by atoms with Gasteiger partial charge in [0.15, 0.2) is 0 Å². The van der Waals surface area contributed by atoms with Gasteiger partial charge < -0.3 is 10.2 Å². The van der Waals surface area contributed by atoms with E-state index in [0.29, 0.717) is 12.0 Å². The fraction of sp³-hybridized carbons (Fsp3) is 0.625. The standard InChI is InChI=1S/C16H23N3O/c1-12-2-3-14(10-18-12)16(20)19(15-4-5-15)11-13-6-8-17-9-7-13/h2-3,10,13,15,17H,4-9,11H2,1H3. The molecule has 0 unspecified atom stereocenters. The highest BCUT2D eigenvalue weighted by Crippen LogP contribution is 2.30. The number of piperidine rings is 1. The Morgan fingerprint density at radius 3 is 2.65 bits per heavy atom. The predicted octanol–water partition coefficient (Wildman–Crippen LogP) is 1.99. The molecule has 1 saturated carbocycles. The molecule has 3 rings (SSSR count). The number of rotatable bonds is 4. The van der Waals surface area contributed by atoms with Crippen molar-refractivity contribution in [3.63, 3.8) is 0 Å². The summed E-state index contributed by atoms with van der Waals surface area (Å²) in [5.41, 5.74) is 1.69. The van der Waals surface area contributed by atoms with Crippen molar-refractivity contribution < 1.29 is 4.79 Å². The number of amides is 1. The number of aromatic nitrogens is 1. The molecule has 0 spiro atoms. The van der Waals surface area contributed by atoms with Crippen molar-refractivity contribution in [2.24, 2.45) is 5.92 Å². The van der Waals surface area contributed by atoms with Crippen molar-refractivity contribution in [1.82, 2.24) is 15.2 Å². The van der Waals surface area contributed by atoms with E-state index >= 15 is 0 Å². The quantitative estimate of drug-likeness (QED) is 0.912. The predicted molar refractivity (Wildman–Crippen MR) is 78.6 cm³/mol. The zero-order chi connectivity index (χ0) is 13.9. The maximum atomic E-state index is 12.7. The van der Waals surface area contributed by atoms with E-state index in [0.717, 1.165) is 43.7 Å². The molecular weight excluding hydrogens is 250 g/mol. The molecule has 0 atom stereocenters. The Labute approximate surface area is 120 Å². The van der Waals surface area contributed by atoms with Crippen molar-refractivity contribution in [2.75, 3.05) is 19.6 Å². The lowest BCUT2D eigenvalue weighted by atomic mass is 9.97. The number of carbonyl (C=O) groups is 1. The van der Waals surface area contributed by atoms with Crippen LogP contribution in [-0.4, -0.2) is 41.5 Å². The average molecular weight is 273 g/mol. The van der Waals surface area contributed by atoms with Crippen molar-refractivity contribution >= 4 is 5.91 Å². The summed E-state index contributed by atoms with van der Waals surface area (Å²) in [7, 11) is 0. The molecule has 2 heterocycles. The van der Waals surface area contributed by atoms with Crippen LogP contribution in [-0.2, 0) is 0 Å². The molecule has 4 nitrogen and oxygen atoms in total. The van der Waals surface area contributed by atoms with Gasteiger partial charge in [0.2, 0.25) is 0 Å². The molecule has 4 heteroatoms. The number of nitrogens with one attached hydrogen (secondary N) is 1. The smallest absolute Gasteiger partial charge is 0.255 e. The van der Waals surface area contributed by atoms with Crippen LogP contribution in [0.2, 0.25) is 0 Å². The van der Waals surface area contributed by atoms with Crippen LogP contribution < -0.4 is 5.32 Å². The van der Waals surface area contributed by atoms with Gasteiger partial charge in [0.25, 0.3) is 5.91 Å². The molecule has 1 amide bonds. The molecule has 1 saturated heterocycles. The van der Waals surface area contributed by atoms with Gasteiger partial charge in [-0.05, 0) is 63.7 Å². The van der Waals surface area contributed by atoms with Gasteiger partial charge in [0.05, 0.1) is 5.56 Å². The average Bonchev–Trinajstić information content (AvgIpc) is 3.30. The SMILES string of the molecule is Cc1ccc(C(=O)N(CC2CCNCC2)C2CC2)cn1. The van der Waals surface area contributed by atoms with Gasteiger partial charge in [-0.1, -0.05) is 0 Å². The highest BCUT2D eigenvalue weighted by atomic mass is 16.2. The van der Waals surface area contributed by atoms with Gasteiger partial charge in [-0.2, -0.15) is 0 Å². The molecule has 0 bridgehead atoms. The zero-order valence-electron chi connectivity index (χ0n) is 12.1. The van der Waals surface area contributed by atoms with Gasteiger partial charge in [0, 0.05) is 24.5 Å². The van der Waals surface area contributed by atoms with E-state index in [2.05, 4.69) is 15.2 Å². The minimum absolute atomic E-state index is 0.165. The van der Waals surface area contributed by atoms with Crippen LogP contribution in [0, 0.1) is 12.8 Å². The summed E-state index contributed by atoms with van der Waals surface area (Å²) in [6.07, 6.45) is 6.41. The number of nitrogens with zero attached hydrogens (tertiary/aromatic N) is 2. The zero-order valence-corrected chi connectivity index (χ0v) is 12.1. The Morgan fingerprint density at radius 2 is 2.05 bits per heavy atom. The molecule has 108 valence electrons. The molecule has 1 aromatic rings. The van der Waals surface area contributed by atoms with Crippen LogP contribution in [0.1, 0.15) is 41.7 Å². The van der Waals surface area contributed by atoms with Gasteiger partial charge in [0.1, 0.15) is 0 Å². The van der Waals surface area contributed by atoms with Crippen LogP contribution in [0.25, 0.3) is 0 Å². The largest absolute Gasteiger partial charge is 0.335 e. The van der Waals surface area contributed by atoms with Crippen LogP contribution in [0.4, 0.5) is 0 Å². The maximum absolute atomic E-state index is 12.7. The third-order valence-electron chi connectivity index (χ3n) is 4.32. The molecule has 1 aliphatic carbocycles. The van der Waals surface area contributed by atoms with Crippen LogP contribution in [0.5, 0.6) is 0 Å². The second-order valence-corrected chi connectivity index (χ2v) is 6.07. The van der Waals surface area contributed by atoms with Gasteiger partial charge in [-0.15, -0.1) is 0 Å². The molecule has 0 radical (unpaired) electrons. The van der Waals surface area contributed by atoms with Crippen LogP contribution in [0.15, 0.2) is 18.3 Å². The summed E-state index contributed by atoms with van der Waals surface area (Å²) in [5, 5.41) is 3.39. The van der Waals surface area contributed by atoms with Crippen molar-refractivity contribution in [2.45, 2.75) is 38.6 Å². The highest BCUT2D eigenvalue weighted by molar-refractivity contribution is 5.94. The van der Waals surface area contributed by atoms with E-state index < -0.39 is 0 Å². The van der Waals surface area contributed by atoms with E-state index in [1.54, 1.807) is 6.20 Å². The van der Waals surface area contributed by atoms with Crippen molar-refractivity contribution in [3.8, 4) is 0 Å². The maximum Gasteiger partial charge on any atom is 0.255 e. The minimum Gasteiger partial charge on any atom is -0.335 e. The lowest BCUT2D eigenvalue weighted by molar-refractivity contribution is 0.0701. The minimum atomic E-state index is 0.165. The Bertz CT molecular complexity index is 461. The van der Waals surface area contributed by atoms with Gasteiger partial charge in [-0.25, -0.2) is 0 Å².